The van der Waals surface area contributed by atoms with Gasteiger partial charge in [-0.25, -0.2) is 4.39 Å². The lowest BCUT2D eigenvalue weighted by Gasteiger charge is -2.19. The van der Waals surface area contributed by atoms with Crippen molar-refractivity contribution in [2.45, 2.75) is 39.2 Å². The molecule has 1 rings (SSSR count). The second-order valence-corrected chi connectivity index (χ2v) is 4.43. The van der Waals surface area contributed by atoms with E-state index >= 15 is 0 Å². The van der Waals surface area contributed by atoms with Crippen LogP contribution in [0, 0.1) is 18.6 Å². The number of halogens is 2. The summed E-state index contributed by atoms with van der Waals surface area (Å²) in [7, 11) is 1.86. The maximum Gasteiger partial charge on any atom is 0.200 e. The molecule has 0 aliphatic rings. The Labute approximate surface area is 107 Å². The van der Waals surface area contributed by atoms with Gasteiger partial charge >= 0.3 is 0 Å². The molecule has 1 N–H and O–H groups in total. The van der Waals surface area contributed by atoms with Crippen molar-refractivity contribution in [3.05, 3.63) is 29.3 Å². The van der Waals surface area contributed by atoms with Gasteiger partial charge in [-0.05, 0) is 45.0 Å². The minimum Gasteiger partial charge on any atom is -0.487 e. The summed E-state index contributed by atoms with van der Waals surface area (Å²) in [4.78, 5) is 0. The van der Waals surface area contributed by atoms with Gasteiger partial charge in [-0.1, -0.05) is 19.4 Å². The normalized spacial score (nSPS) is 12.5. The van der Waals surface area contributed by atoms with E-state index in [1.807, 2.05) is 14.0 Å². The molecule has 18 heavy (non-hydrogen) atoms. The Balaban J connectivity index is 2.77. The fraction of sp³-hybridized carbons (Fsp3) is 0.571. The lowest BCUT2D eigenvalue weighted by atomic mass is 10.1. The quantitative estimate of drug-likeness (QED) is 0.808. The SMILES string of the molecule is CCCC(CCNC)Oc1ccc(C)c(F)c1F. The second kappa shape index (κ2) is 7.31. The van der Waals surface area contributed by atoms with E-state index < -0.39 is 11.6 Å². The second-order valence-electron chi connectivity index (χ2n) is 4.43. The molecule has 2 nitrogen and oxygen atoms in total. The Bertz CT molecular complexity index is 382. The van der Waals surface area contributed by atoms with E-state index in [1.54, 1.807) is 0 Å². The summed E-state index contributed by atoms with van der Waals surface area (Å²) < 4.78 is 32.7. The number of aryl methyl sites for hydroxylation is 1. The fourth-order valence-corrected chi connectivity index (χ4v) is 1.79. The van der Waals surface area contributed by atoms with Gasteiger partial charge in [0.2, 0.25) is 5.82 Å². The summed E-state index contributed by atoms with van der Waals surface area (Å²) in [6.45, 7) is 4.37. The first-order valence-electron chi connectivity index (χ1n) is 6.36. The van der Waals surface area contributed by atoms with E-state index in [0.717, 1.165) is 25.8 Å². The number of hydrogen-bond acceptors (Lipinski definition) is 2. The number of rotatable bonds is 7. The summed E-state index contributed by atoms with van der Waals surface area (Å²) >= 11 is 0. The van der Waals surface area contributed by atoms with Crippen LogP contribution in [-0.2, 0) is 0 Å². The molecule has 0 bridgehead atoms. The van der Waals surface area contributed by atoms with Gasteiger partial charge in [0.1, 0.15) is 6.10 Å². The van der Waals surface area contributed by atoms with Crippen LogP contribution in [0.2, 0.25) is 0 Å². The third-order valence-corrected chi connectivity index (χ3v) is 2.86. The number of hydrogen-bond donors (Lipinski definition) is 1. The number of ether oxygens (including phenoxy) is 1. The van der Waals surface area contributed by atoms with Crippen LogP contribution in [-0.4, -0.2) is 19.7 Å². The first-order chi connectivity index (χ1) is 8.60. The van der Waals surface area contributed by atoms with E-state index in [2.05, 4.69) is 5.32 Å². The Hall–Kier alpha value is -1.16. The summed E-state index contributed by atoms with van der Waals surface area (Å²) in [6.07, 6.45) is 2.47. The zero-order valence-electron chi connectivity index (χ0n) is 11.2. The van der Waals surface area contributed by atoms with Crippen molar-refractivity contribution >= 4 is 0 Å². The summed E-state index contributed by atoms with van der Waals surface area (Å²) in [5.74, 6) is -1.70. The van der Waals surface area contributed by atoms with Crippen LogP contribution in [0.4, 0.5) is 8.78 Å². The van der Waals surface area contributed by atoms with Crippen LogP contribution < -0.4 is 10.1 Å². The van der Waals surface area contributed by atoms with Crippen LogP contribution in [0.15, 0.2) is 12.1 Å². The van der Waals surface area contributed by atoms with Gasteiger partial charge in [-0.2, -0.15) is 4.39 Å². The standard InChI is InChI=1S/C14H21F2NO/c1-4-5-11(8-9-17-3)18-12-7-6-10(2)13(15)14(12)16/h6-7,11,17H,4-5,8-9H2,1-3H3. The highest BCUT2D eigenvalue weighted by Crippen LogP contribution is 2.24. The molecular formula is C14H21F2NO. The first kappa shape index (κ1) is 14.9. The van der Waals surface area contributed by atoms with Gasteiger partial charge < -0.3 is 10.1 Å². The summed E-state index contributed by atoms with van der Waals surface area (Å²) in [5, 5.41) is 3.03. The predicted molar refractivity (Wildman–Crippen MR) is 69.0 cm³/mol. The Morgan fingerprint density at radius 2 is 1.94 bits per heavy atom. The molecule has 0 aromatic heterocycles. The maximum absolute atomic E-state index is 13.7. The molecule has 1 unspecified atom stereocenters. The van der Waals surface area contributed by atoms with Crippen molar-refractivity contribution < 1.29 is 13.5 Å². The molecule has 1 aromatic carbocycles. The molecule has 1 atom stereocenters. The van der Waals surface area contributed by atoms with Crippen LogP contribution in [0.25, 0.3) is 0 Å². The van der Waals surface area contributed by atoms with Crippen molar-refractivity contribution in [1.82, 2.24) is 5.32 Å². The molecule has 0 saturated carbocycles. The highest BCUT2D eigenvalue weighted by molar-refractivity contribution is 5.30. The molecular weight excluding hydrogens is 236 g/mol. The monoisotopic (exact) mass is 257 g/mol. The van der Waals surface area contributed by atoms with Gasteiger partial charge in [0.15, 0.2) is 11.6 Å². The predicted octanol–water partition coefficient (Wildman–Crippen LogP) is 3.43. The fourth-order valence-electron chi connectivity index (χ4n) is 1.79. The van der Waals surface area contributed by atoms with Crippen LogP contribution in [0.1, 0.15) is 31.7 Å². The molecule has 0 saturated heterocycles. The molecule has 102 valence electrons. The topological polar surface area (TPSA) is 21.3 Å². The largest absolute Gasteiger partial charge is 0.487 e. The maximum atomic E-state index is 13.7. The smallest absolute Gasteiger partial charge is 0.200 e. The highest BCUT2D eigenvalue weighted by atomic mass is 19.2. The van der Waals surface area contributed by atoms with Crippen LogP contribution in [0.5, 0.6) is 5.75 Å². The number of benzene rings is 1. The van der Waals surface area contributed by atoms with E-state index in [4.69, 9.17) is 4.74 Å². The lowest BCUT2D eigenvalue weighted by molar-refractivity contribution is 0.170. The van der Waals surface area contributed by atoms with Gasteiger partial charge in [-0.15, -0.1) is 0 Å². The van der Waals surface area contributed by atoms with E-state index in [9.17, 15) is 8.78 Å². The Kier molecular flexibility index (Phi) is 6.05. The lowest BCUT2D eigenvalue weighted by Crippen LogP contribution is -2.23. The summed E-state index contributed by atoms with van der Waals surface area (Å²) in [5.41, 5.74) is 0.294. The van der Waals surface area contributed by atoms with Crippen molar-refractivity contribution in [2.75, 3.05) is 13.6 Å². The molecule has 1 aromatic rings. The van der Waals surface area contributed by atoms with Gasteiger partial charge in [-0.3, -0.25) is 0 Å². The molecule has 0 fully saturated rings. The number of nitrogens with one attached hydrogen (secondary N) is 1. The van der Waals surface area contributed by atoms with Crippen molar-refractivity contribution in [2.24, 2.45) is 0 Å². The van der Waals surface area contributed by atoms with E-state index in [1.165, 1.54) is 19.1 Å². The summed E-state index contributed by atoms with van der Waals surface area (Å²) in [6, 6.07) is 3.03. The van der Waals surface area contributed by atoms with Gasteiger partial charge in [0, 0.05) is 0 Å². The molecule has 0 radical (unpaired) electrons. The minimum absolute atomic E-state index is 0.00709. The van der Waals surface area contributed by atoms with Crippen molar-refractivity contribution in [3.63, 3.8) is 0 Å². The minimum atomic E-state index is -0.888. The zero-order valence-corrected chi connectivity index (χ0v) is 11.2. The molecule has 0 aliphatic carbocycles. The van der Waals surface area contributed by atoms with Crippen molar-refractivity contribution in [3.8, 4) is 5.75 Å². The van der Waals surface area contributed by atoms with Crippen LogP contribution in [0.3, 0.4) is 0 Å². The van der Waals surface area contributed by atoms with E-state index in [0.29, 0.717) is 5.56 Å². The third kappa shape index (κ3) is 3.95. The first-order valence-corrected chi connectivity index (χ1v) is 6.36. The van der Waals surface area contributed by atoms with Crippen molar-refractivity contribution in [1.29, 1.82) is 0 Å². The van der Waals surface area contributed by atoms with E-state index in [-0.39, 0.29) is 11.9 Å². The molecule has 0 aliphatic heterocycles. The van der Waals surface area contributed by atoms with Crippen LogP contribution >= 0.6 is 0 Å². The molecule has 0 amide bonds. The molecule has 0 spiro atoms. The molecule has 4 heteroatoms. The molecule has 0 heterocycles. The zero-order chi connectivity index (χ0) is 13.5. The van der Waals surface area contributed by atoms with Gasteiger partial charge in [0.05, 0.1) is 0 Å². The highest BCUT2D eigenvalue weighted by Gasteiger charge is 2.16. The average molecular weight is 257 g/mol. The Morgan fingerprint density at radius 3 is 2.56 bits per heavy atom. The Morgan fingerprint density at radius 1 is 1.22 bits per heavy atom. The van der Waals surface area contributed by atoms with Gasteiger partial charge in [0.25, 0.3) is 0 Å². The third-order valence-electron chi connectivity index (χ3n) is 2.86. The average Bonchev–Trinajstić information content (AvgIpc) is 2.36.